The number of imidazole rings is 1. The molecule has 1 radical (unpaired) electrons. The summed E-state index contributed by atoms with van der Waals surface area (Å²) in [5.41, 5.74) is 0.757. The van der Waals surface area contributed by atoms with Crippen LogP contribution in [0.2, 0.25) is 5.15 Å². The maximum absolute atomic E-state index is 5.80. The van der Waals surface area contributed by atoms with Crippen LogP contribution in [0.4, 0.5) is 0 Å². The summed E-state index contributed by atoms with van der Waals surface area (Å²) in [6, 6.07) is 6.47. The van der Waals surface area contributed by atoms with Crippen LogP contribution in [0, 0.1) is 6.07 Å². The first-order valence-electron chi connectivity index (χ1n) is 2.87. The Labute approximate surface area is 63.1 Å². The smallest absolute Gasteiger partial charge is 0.145 e. The van der Waals surface area contributed by atoms with E-state index in [0.717, 1.165) is 5.65 Å². The van der Waals surface area contributed by atoms with Gasteiger partial charge in [0, 0.05) is 18.5 Å². The van der Waals surface area contributed by atoms with Crippen LogP contribution >= 0.6 is 11.6 Å². The van der Waals surface area contributed by atoms with Crippen molar-refractivity contribution in [3.8, 4) is 0 Å². The highest BCUT2D eigenvalue weighted by molar-refractivity contribution is 6.29. The van der Waals surface area contributed by atoms with Gasteiger partial charge in [-0.1, -0.05) is 11.6 Å². The lowest BCUT2D eigenvalue weighted by Crippen LogP contribution is -1.82. The minimum absolute atomic E-state index is 0.659. The van der Waals surface area contributed by atoms with Gasteiger partial charge in [0.1, 0.15) is 10.8 Å². The zero-order valence-electron chi connectivity index (χ0n) is 5.08. The van der Waals surface area contributed by atoms with Crippen molar-refractivity contribution in [2.24, 2.45) is 0 Å². The molecule has 0 unspecified atom stereocenters. The van der Waals surface area contributed by atoms with E-state index < -0.39 is 0 Å². The third kappa shape index (κ3) is 0.693. The lowest BCUT2D eigenvalue weighted by atomic mass is 10.5. The zero-order chi connectivity index (χ0) is 6.97. The molecule has 0 saturated heterocycles. The topological polar surface area (TPSA) is 17.3 Å². The third-order valence-electron chi connectivity index (χ3n) is 1.30. The van der Waals surface area contributed by atoms with E-state index in [0.29, 0.717) is 5.15 Å². The lowest BCUT2D eigenvalue weighted by molar-refractivity contribution is 1.18. The number of rotatable bonds is 0. The highest BCUT2D eigenvalue weighted by Crippen LogP contribution is 2.09. The van der Waals surface area contributed by atoms with Crippen LogP contribution in [0.5, 0.6) is 0 Å². The molecule has 0 saturated carbocycles. The molecule has 0 spiro atoms. The van der Waals surface area contributed by atoms with Crippen molar-refractivity contribution in [1.82, 2.24) is 9.38 Å². The van der Waals surface area contributed by atoms with Crippen LogP contribution in [0.25, 0.3) is 5.65 Å². The lowest BCUT2D eigenvalue weighted by Gasteiger charge is -1.92. The third-order valence-corrected chi connectivity index (χ3v) is 1.61. The van der Waals surface area contributed by atoms with E-state index in [1.54, 1.807) is 28.9 Å². The zero-order valence-corrected chi connectivity index (χ0v) is 5.84. The molecule has 0 aliphatic rings. The summed E-state index contributed by atoms with van der Waals surface area (Å²) < 4.78 is 1.77. The number of pyridine rings is 1. The Kier molecular flexibility index (Phi) is 1.14. The molecule has 0 N–H and O–H groups in total. The van der Waals surface area contributed by atoms with Gasteiger partial charge >= 0.3 is 0 Å². The number of aromatic nitrogens is 2. The summed E-state index contributed by atoms with van der Waals surface area (Å²) in [4.78, 5) is 4.00. The largest absolute Gasteiger partial charge is 0.290 e. The van der Waals surface area contributed by atoms with E-state index in [2.05, 4.69) is 11.1 Å². The minimum atomic E-state index is 0.659. The van der Waals surface area contributed by atoms with Gasteiger partial charge in [-0.05, 0) is 12.1 Å². The molecule has 0 fully saturated rings. The second kappa shape index (κ2) is 1.99. The molecule has 2 aromatic heterocycles. The Morgan fingerprint density at radius 3 is 3.30 bits per heavy atom. The van der Waals surface area contributed by atoms with Crippen LogP contribution < -0.4 is 0 Å². The summed E-state index contributed by atoms with van der Waals surface area (Å²) in [5, 5.41) is 0.659. The van der Waals surface area contributed by atoms with Gasteiger partial charge < -0.3 is 0 Å². The Morgan fingerprint density at radius 1 is 1.60 bits per heavy atom. The highest BCUT2D eigenvalue weighted by atomic mass is 35.5. The van der Waals surface area contributed by atoms with Gasteiger partial charge in [-0.2, -0.15) is 0 Å². The van der Waals surface area contributed by atoms with Crippen molar-refractivity contribution in [2.45, 2.75) is 0 Å². The van der Waals surface area contributed by atoms with Crippen molar-refractivity contribution in [2.75, 3.05) is 0 Å². The fourth-order valence-corrected chi connectivity index (χ4v) is 1.05. The maximum Gasteiger partial charge on any atom is 0.145 e. The number of halogens is 1. The summed E-state index contributed by atoms with van der Waals surface area (Å²) in [6.07, 6.45) is 3.49. The molecule has 2 heterocycles. The first-order chi connectivity index (χ1) is 4.88. The van der Waals surface area contributed by atoms with Crippen molar-refractivity contribution in [3.63, 3.8) is 0 Å². The average molecular weight is 152 g/mol. The fraction of sp³-hybridized carbons (Fsp3) is 0. The SMILES string of the molecule is Clc1cc[c]c2nccn12. The highest BCUT2D eigenvalue weighted by Gasteiger charge is 1.94. The standard InChI is InChI=1S/C7H4ClN2/c8-6-2-1-3-7-9-4-5-10(6)7/h1-2,4-5H. The normalized spacial score (nSPS) is 10.5. The van der Waals surface area contributed by atoms with Gasteiger partial charge in [-0.15, -0.1) is 0 Å². The van der Waals surface area contributed by atoms with Gasteiger partial charge in [0.15, 0.2) is 0 Å². The van der Waals surface area contributed by atoms with E-state index in [4.69, 9.17) is 11.6 Å². The first kappa shape index (κ1) is 5.74. The Balaban J connectivity index is 2.95. The van der Waals surface area contributed by atoms with Gasteiger partial charge in [-0.25, -0.2) is 4.98 Å². The van der Waals surface area contributed by atoms with Crippen molar-refractivity contribution in [3.05, 3.63) is 35.7 Å². The van der Waals surface area contributed by atoms with Gasteiger partial charge in [-0.3, -0.25) is 4.40 Å². The van der Waals surface area contributed by atoms with Crippen LogP contribution in [0.3, 0.4) is 0 Å². The van der Waals surface area contributed by atoms with E-state index in [9.17, 15) is 0 Å². The second-order valence-corrected chi connectivity index (χ2v) is 2.31. The van der Waals surface area contributed by atoms with Crippen molar-refractivity contribution in [1.29, 1.82) is 0 Å². The number of hydrogen-bond donors (Lipinski definition) is 0. The van der Waals surface area contributed by atoms with E-state index in [-0.39, 0.29) is 0 Å². The average Bonchev–Trinajstić information content (AvgIpc) is 2.36. The molecule has 0 atom stereocenters. The molecule has 0 bridgehead atoms. The molecule has 49 valence electrons. The molecule has 0 amide bonds. The van der Waals surface area contributed by atoms with E-state index in [1.165, 1.54) is 0 Å². The van der Waals surface area contributed by atoms with E-state index >= 15 is 0 Å². The molecule has 3 heteroatoms. The van der Waals surface area contributed by atoms with Gasteiger partial charge in [0.05, 0.1) is 0 Å². The van der Waals surface area contributed by atoms with Crippen LogP contribution in [-0.4, -0.2) is 9.38 Å². The predicted octanol–water partition coefficient (Wildman–Crippen LogP) is 1.79. The molecule has 0 aromatic carbocycles. The van der Waals surface area contributed by atoms with Crippen LogP contribution in [0.15, 0.2) is 24.5 Å². The summed E-state index contributed by atoms with van der Waals surface area (Å²) in [5.74, 6) is 0. The fourth-order valence-electron chi connectivity index (χ4n) is 0.848. The summed E-state index contributed by atoms with van der Waals surface area (Å²) in [7, 11) is 0. The number of fused-ring (bicyclic) bond motifs is 1. The second-order valence-electron chi connectivity index (χ2n) is 1.92. The Hall–Kier alpha value is -1.02. The first-order valence-corrected chi connectivity index (χ1v) is 3.25. The quantitative estimate of drug-likeness (QED) is 0.525. The molecule has 0 aliphatic heterocycles. The number of hydrogen-bond acceptors (Lipinski definition) is 1. The predicted molar refractivity (Wildman–Crippen MR) is 39.0 cm³/mol. The Bertz CT molecular complexity index is 353. The summed E-state index contributed by atoms with van der Waals surface area (Å²) in [6.45, 7) is 0. The molecule has 2 rings (SSSR count). The summed E-state index contributed by atoms with van der Waals surface area (Å²) >= 11 is 5.80. The van der Waals surface area contributed by atoms with Crippen molar-refractivity contribution >= 4 is 17.2 Å². The Morgan fingerprint density at radius 2 is 2.50 bits per heavy atom. The molecule has 10 heavy (non-hydrogen) atoms. The number of nitrogens with zero attached hydrogens (tertiary/aromatic N) is 2. The molecular weight excluding hydrogens is 148 g/mol. The molecule has 0 aliphatic carbocycles. The van der Waals surface area contributed by atoms with Crippen molar-refractivity contribution < 1.29 is 0 Å². The maximum atomic E-state index is 5.80. The molecule has 2 aromatic rings. The minimum Gasteiger partial charge on any atom is -0.290 e. The van der Waals surface area contributed by atoms with Gasteiger partial charge in [0.25, 0.3) is 0 Å². The van der Waals surface area contributed by atoms with Crippen LogP contribution in [-0.2, 0) is 0 Å². The van der Waals surface area contributed by atoms with Crippen LogP contribution in [0.1, 0.15) is 0 Å². The van der Waals surface area contributed by atoms with Gasteiger partial charge in [0.2, 0.25) is 0 Å². The molecule has 2 nitrogen and oxygen atoms in total. The van der Waals surface area contributed by atoms with E-state index in [1.807, 2.05) is 0 Å². The molecular formula is C7H4ClN2. The monoisotopic (exact) mass is 151 g/mol.